The maximum absolute atomic E-state index is 11.7. The third-order valence-corrected chi connectivity index (χ3v) is 2.95. The molecular weight excluding hydrogens is 238 g/mol. The number of benzene rings is 1. The summed E-state index contributed by atoms with van der Waals surface area (Å²) >= 11 is 0. The molecule has 1 rings (SSSR count). The number of carbonyl (C=O) groups excluding carboxylic acids is 1. The van der Waals surface area contributed by atoms with Crippen molar-refractivity contribution in [2.45, 2.75) is 26.8 Å². The van der Waals surface area contributed by atoms with Crippen molar-refractivity contribution >= 4 is 11.6 Å². The van der Waals surface area contributed by atoms with E-state index >= 15 is 0 Å². The number of hydrogen-bond acceptors (Lipinski definition) is 3. The van der Waals surface area contributed by atoms with Crippen LogP contribution in [0.4, 0.5) is 5.69 Å². The van der Waals surface area contributed by atoms with Crippen LogP contribution in [0.25, 0.3) is 0 Å². The first-order valence-corrected chi connectivity index (χ1v) is 6.77. The number of likely N-dealkylation sites (N-methyl/N-ethyl adjacent to an activating group) is 1. The van der Waals surface area contributed by atoms with Crippen LogP contribution in [0.3, 0.4) is 0 Å². The smallest absolute Gasteiger partial charge is 0.234 e. The van der Waals surface area contributed by atoms with E-state index in [9.17, 15) is 4.79 Å². The zero-order valence-electron chi connectivity index (χ0n) is 12.1. The molecule has 0 atom stereocenters. The Bertz CT molecular complexity index is 404. The van der Waals surface area contributed by atoms with Crippen molar-refractivity contribution in [3.05, 3.63) is 29.8 Å². The highest BCUT2D eigenvalue weighted by Crippen LogP contribution is 2.12. The first kappa shape index (κ1) is 15.5. The third-order valence-electron chi connectivity index (χ3n) is 2.95. The summed E-state index contributed by atoms with van der Waals surface area (Å²) in [4.78, 5) is 13.7. The minimum Gasteiger partial charge on any atom is -0.398 e. The van der Waals surface area contributed by atoms with E-state index in [2.05, 4.69) is 19.2 Å². The van der Waals surface area contributed by atoms with Crippen LogP contribution in [0.5, 0.6) is 0 Å². The Labute approximate surface area is 116 Å². The topological polar surface area (TPSA) is 58.4 Å². The normalized spacial score (nSPS) is 11.0. The molecule has 0 fully saturated rings. The summed E-state index contributed by atoms with van der Waals surface area (Å²) in [6.45, 7) is 6.13. The second kappa shape index (κ2) is 7.79. The molecule has 1 amide bonds. The maximum atomic E-state index is 11.7. The van der Waals surface area contributed by atoms with E-state index < -0.39 is 0 Å². The highest BCUT2D eigenvalue weighted by molar-refractivity contribution is 5.77. The molecule has 0 spiro atoms. The van der Waals surface area contributed by atoms with Crippen LogP contribution in [0.15, 0.2) is 24.3 Å². The van der Waals surface area contributed by atoms with Crippen LogP contribution in [-0.4, -0.2) is 30.9 Å². The Morgan fingerprint density at radius 1 is 1.37 bits per heavy atom. The number of para-hydroxylation sites is 1. The number of carbonyl (C=O) groups is 1. The molecule has 0 heterocycles. The quantitative estimate of drug-likeness (QED) is 0.738. The monoisotopic (exact) mass is 263 g/mol. The molecule has 0 aliphatic rings. The molecule has 0 bridgehead atoms. The van der Waals surface area contributed by atoms with Crippen molar-refractivity contribution in [1.29, 1.82) is 0 Å². The van der Waals surface area contributed by atoms with Gasteiger partial charge in [0.15, 0.2) is 0 Å². The van der Waals surface area contributed by atoms with Gasteiger partial charge in [-0.1, -0.05) is 32.0 Å². The van der Waals surface area contributed by atoms with Gasteiger partial charge >= 0.3 is 0 Å². The molecular formula is C15H25N3O. The lowest BCUT2D eigenvalue weighted by molar-refractivity contribution is -0.122. The molecule has 4 heteroatoms. The maximum Gasteiger partial charge on any atom is 0.234 e. The van der Waals surface area contributed by atoms with E-state index in [1.54, 1.807) is 0 Å². The van der Waals surface area contributed by atoms with Crippen molar-refractivity contribution in [1.82, 2.24) is 10.2 Å². The Balaban J connectivity index is 2.33. The minimum absolute atomic E-state index is 0.0673. The fourth-order valence-corrected chi connectivity index (χ4v) is 1.83. The molecule has 0 aromatic heterocycles. The van der Waals surface area contributed by atoms with Gasteiger partial charge in [-0.15, -0.1) is 0 Å². The summed E-state index contributed by atoms with van der Waals surface area (Å²) in [5, 5.41) is 2.93. The van der Waals surface area contributed by atoms with Crippen LogP contribution < -0.4 is 11.1 Å². The van der Waals surface area contributed by atoms with E-state index in [1.807, 2.05) is 36.2 Å². The molecule has 4 nitrogen and oxygen atoms in total. The molecule has 0 unspecified atom stereocenters. The van der Waals surface area contributed by atoms with Gasteiger partial charge in [-0.05, 0) is 31.0 Å². The molecule has 1 aromatic rings. The first-order chi connectivity index (χ1) is 8.99. The lowest BCUT2D eigenvalue weighted by Crippen LogP contribution is -2.35. The average Bonchev–Trinajstić information content (AvgIpc) is 2.31. The lowest BCUT2D eigenvalue weighted by atomic mass is 10.1. The van der Waals surface area contributed by atoms with Gasteiger partial charge in [0.2, 0.25) is 5.91 Å². The minimum atomic E-state index is 0.0673. The number of anilines is 1. The Morgan fingerprint density at radius 2 is 2.05 bits per heavy atom. The second-order valence-corrected chi connectivity index (χ2v) is 5.40. The van der Waals surface area contributed by atoms with E-state index in [0.717, 1.165) is 24.2 Å². The fraction of sp³-hybridized carbons (Fsp3) is 0.533. The van der Waals surface area contributed by atoms with Gasteiger partial charge in [0.1, 0.15) is 0 Å². The van der Waals surface area contributed by atoms with Gasteiger partial charge in [-0.2, -0.15) is 0 Å². The summed E-state index contributed by atoms with van der Waals surface area (Å²) < 4.78 is 0. The van der Waals surface area contributed by atoms with Crippen LogP contribution in [0.1, 0.15) is 25.8 Å². The Hall–Kier alpha value is -1.55. The predicted octanol–water partition coefficient (Wildman–Crippen LogP) is 1.86. The summed E-state index contributed by atoms with van der Waals surface area (Å²) in [6.07, 6.45) is 1.01. The van der Waals surface area contributed by atoms with Crippen molar-refractivity contribution in [3.63, 3.8) is 0 Å². The van der Waals surface area contributed by atoms with Crippen LogP contribution >= 0.6 is 0 Å². The second-order valence-electron chi connectivity index (χ2n) is 5.40. The number of nitrogens with zero attached hydrogens (tertiary/aromatic N) is 1. The SMILES string of the molecule is CC(C)CCNC(=O)CN(C)Cc1ccccc1N. The first-order valence-electron chi connectivity index (χ1n) is 6.77. The van der Waals surface area contributed by atoms with Gasteiger partial charge in [-0.3, -0.25) is 9.69 Å². The third kappa shape index (κ3) is 6.25. The summed E-state index contributed by atoms with van der Waals surface area (Å²) in [5.74, 6) is 0.680. The number of rotatable bonds is 7. The largest absolute Gasteiger partial charge is 0.398 e. The molecule has 0 aliphatic heterocycles. The van der Waals surface area contributed by atoms with E-state index in [0.29, 0.717) is 19.0 Å². The van der Waals surface area contributed by atoms with Crippen molar-refractivity contribution in [2.75, 3.05) is 25.9 Å². The van der Waals surface area contributed by atoms with Crippen LogP contribution in [0.2, 0.25) is 0 Å². The average molecular weight is 263 g/mol. The Kier molecular flexibility index (Phi) is 6.36. The van der Waals surface area contributed by atoms with Crippen molar-refractivity contribution in [2.24, 2.45) is 5.92 Å². The van der Waals surface area contributed by atoms with Gasteiger partial charge < -0.3 is 11.1 Å². The van der Waals surface area contributed by atoms with Crippen molar-refractivity contribution in [3.8, 4) is 0 Å². The van der Waals surface area contributed by atoms with Gasteiger partial charge in [0.05, 0.1) is 6.54 Å². The Morgan fingerprint density at radius 3 is 2.68 bits per heavy atom. The molecule has 106 valence electrons. The summed E-state index contributed by atoms with van der Waals surface area (Å²) in [7, 11) is 1.93. The number of amides is 1. The number of nitrogen functional groups attached to an aromatic ring is 1. The summed E-state index contributed by atoms with van der Waals surface area (Å²) in [5.41, 5.74) is 7.71. The standard InChI is InChI=1S/C15H25N3O/c1-12(2)8-9-17-15(19)11-18(3)10-13-6-4-5-7-14(13)16/h4-7,12H,8-11,16H2,1-3H3,(H,17,19). The van der Waals surface area contributed by atoms with Crippen LogP contribution in [0, 0.1) is 5.92 Å². The number of hydrogen-bond donors (Lipinski definition) is 2. The zero-order valence-corrected chi connectivity index (χ0v) is 12.1. The van der Waals surface area contributed by atoms with E-state index in [1.165, 1.54) is 0 Å². The summed E-state index contributed by atoms with van der Waals surface area (Å²) in [6, 6.07) is 7.74. The highest BCUT2D eigenvalue weighted by Gasteiger charge is 2.08. The lowest BCUT2D eigenvalue weighted by Gasteiger charge is -2.17. The van der Waals surface area contributed by atoms with E-state index in [4.69, 9.17) is 5.73 Å². The van der Waals surface area contributed by atoms with Gasteiger partial charge in [-0.25, -0.2) is 0 Å². The number of nitrogens with two attached hydrogens (primary N) is 1. The molecule has 3 N–H and O–H groups in total. The van der Waals surface area contributed by atoms with Crippen molar-refractivity contribution < 1.29 is 4.79 Å². The highest BCUT2D eigenvalue weighted by atomic mass is 16.2. The molecule has 0 radical (unpaired) electrons. The van der Waals surface area contributed by atoms with E-state index in [-0.39, 0.29) is 5.91 Å². The number of nitrogens with one attached hydrogen (secondary N) is 1. The fourth-order valence-electron chi connectivity index (χ4n) is 1.83. The predicted molar refractivity (Wildman–Crippen MR) is 79.7 cm³/mol. The van der Waals surface area contributed by atoms with Gasteiger partial charge in [0.25, 0.3) is 0 Å². The molecule has 0 aliphatic carbocycles. The van der Waals surface area contributed by atoms with Gasteiger partial charge in [0, 0.05) is 18.8 Å². The molecule has 0 saturated carbocycles. The zero-order chi connectivity index (χ0) is 14.3. The van der Waals surface area contributed by atoms with Crippen LogP contribution in [-0.2, 0) is 11.3 Å². The molecule has 1 aromatic carbocycles. The molecule has 0 saturated heterocycles. The molecule has 19 heavy (non-hydrogen) atoms.